The average molecular weight is 190 g/mol. The van der Waals surface area contributed by atoms with Crippen LogP contribution in [0.3, 0.4) is 0 Å². The van der Waals surface area contributed by atoms with Crippen molar-refractivity contribution in [3.8, 4) is 11.1 Å². The molecule has 3 N–H and O–H groups in total. The van der Waals surface area contributed by atoms with Crippen molar-refractivity contribution in [2.45, 2.75) is 6.61 Å². The Bertz CT molecular complexity index is 485. The van der Waals surface area contributed by atoms with Gasteiger partial charge in [-0.25, -0.2) is 0 Å². The third-order valence-corrected chi connectivity index (χ3v) is 2.12. The molecule has 0 radical (unpaired) electrons. The molecule has 1 aromatic carbocycles. The van der Waals surface area contributed by atoms with Gasteiger partial charge in [-0.15, -0.1) is 0 Å². The highest BCUT2D eigenvalue weighted by Crippen LogP contribution is 2.19. The van der Waals surface area contributed by atoms with Gasteiger partial charge in [0.05, 0.1) is 12.2 Å². The molecule has 0 aliphatic rings. The summed E-state index contributed by atoms with van der Waals surface area (Å²) in [4.78, 5) is 11.3. The zero-order valence-electron chi connectivity index (χ0n) is 7.45. The minimum Gasteiger partial charge on any atom is -0.392 e. The van der Waals surface area contributed by atoms with Crippen LogP contribution in [-0.4, -0.2) is 15.3 Å². The van der Waals surface area contributed by atoms with E-state index in [1.165, 1.54) is 0 Å². The molecule has 0 aliphatic carbocycles. The Kier molecular flexibility index (Phi) is 2.20. The van der Waals surface area contributed by atoms with Gasteiger partial charge in [-0.05, 0) is 11.1 Å². The van der Waals surface area contributed by atoms with Crippen molar-refractivity contribution in [2.24, 2.45) is 0 Å². The maximum atomic E-state index is 11.3. The third-order valence-electron chi connectivity index (χ3n) is 2.12. The molecule has 0 saturated carbocycles. The van der Waals surface area contributed by atoms with Crippen molar-refractivity contribution < 1.29 is 5.11 Å². The molecule has 2 rings (SSSR count). The summed E-state index contributed by atoms with van der Waals surface area (Å²) in [6, 6.07) is 7.27. The SMILES string of the molecule is O=c1[nH][nH]cc1-c1ccccc1CO. The highest BCUT2D eigenvalue weighted by Gasteiger charge is 2.07. The molecule has 0 bridgehead atoms. The van der Waals surface area contributed by atoms with Crippen LogP contribution in [0.15, 0.2) is 35.3 Å². The monoisotopic (exact) mass is 190 g/mol. The normalized spacial score (nSPS) is 10.4. The number of hydrogen-bond acceptors (Lipinski definition) is 2. The topological polar surface area (TPSA) is 68.9 Å². The van der Waals surface area contributed by atoms with Crippen LogP contribution in [0.2, 0.25) is 0 Å². The van der Waals surface area contributed by atoms with Crippen LogP contribution in [0.4, 0.5) is 0 Å². The molecule has 72 valence electrons. The fraction of sp³-hybridized carbons (Fsp3) is 0.100. The van der Waals surface area contributed by atoms with E-state index in [0.717, 1.165) is 11.1 Å². The molecule has 0 saturated heterocycles. The van der Waals surface area contributed by atoms with Crippen molar-refractivity contribution in [3.05, 3.63) is 46.4 Å². The number of aromatic nitrogens is 2. The van der Waals surface area contributed by atoms with Crippen LogP contribution in [0.1, 0.15) is 5.56 Å². The molecule has 4 heteroatoms. The molecule has 0 amide bonds. The number of nitrogens with one attached hydrogen (secondary N) is 2. The lowest BCUT2D eigenvalue weighted by Crippen LogP contribution is -2.03. The molecule has 2 aromatic rings. The van der Waals surface area contributed by atoms with E-state index < -0.39 is 0 Å². The first-order chi connectivity index (χ1) is 6.83. The lowest BCUT2D eigenvalue weighted by molar-refractivity contribution is 0.282. The van der Waals surface area contributed by atoms with Crippen LogP contribution in [0.5, 0.6) is 0 Å². The van der Waals surface area contributed by atoms with E-state index in [1.54, 1.807) is 12.3 Å². The van der Waals surface area contributed by atoms with Gasteiger partial charge in [0.2, 0.25) is 0 Å². The number of aromatic amines is 2. The summed E-state index contributed by atoms with van der Waals surface area (Å²) < 4.78 is 0. The first kappa shape index (κ1) is 8.77. The van der Waals surface area contributed by atoms with Gasteiger partial charge in [-0.1, -0.05) is 24.3 Å². The fourth-order valence-corrected chi connectivity index (χ4v) is 1.43. The van der Waals surface area contributed by atoms with Crippen LogP contribution in [-0.2, 0) is 6.61 Å². The second-order valence-electron chi connectivity index (χ2n) is 2.97. The number of hydrogen-bond donors (Lipinski definition) is 3. The Morgan fingerprint density at radius 1 is 1.21 bits per heavy atom. The van der Waals surface area contributed by atoms with Gasteiger partial charge in [0.15, 0.2) is 0 Å². The molecule has 0 fully saturated rings. The van der Waals surface area contributed by atoms with Crippen molar-refractivity contribution in [3.63, 3.8) is 0 Å². The predicted octanol–water partition coefficient (Wildman–Crippen LogP) is 0.862. The maximum Gasteiger partial charge on any atom is 0.271 e. The molecule has 0 atom stereocenters. The Balaban J connectivity index is 2.62. The lowest BCUT2D eigenvalue weighted by atomic mass is 10.0. The summed E-state index contributed by atoms with van der Waals surface area (Å²) >= 11 is 0. The van der Waals surface area contributed by atoms with E-state index in [4.69, 9.17) is 5.11 Å². The van der Waals surface area contributed by atoms with Gasteiger partial charge in [0, 0.05) is 6.20 Å². The number of H-pyrrole nitrogens is 2. The van der Waals surface area contributed by atoms with Gasteiger partial charge in [0.1, 0.15) is 0 Å². The van der Waals surface area contributed by atoms with Crippen LogP contribution in [0, 0.1) is 0 Å². The van der Waals surface area contributed by atoms with Gasteiger partial charge in [-0.3, -0.25) is 9.89 Å². The maximum absolute atomic E-state index is 11.3. The van der Waals surface area contributed by atoms with Crippen molar-refractivity contribution in [2.75, 3.05) is 0 Å². The smallest absolute Gasteiger partial charge is 0.271 e. The fourth-order valence-electron chi connectivity index (χ4n) is 1.43. The van der Waals surface area contributed by atoms with Crippen molar-refractivity contribution in [1.82, 2.24) is 10.2 Å². The highest BCUT2D eigenvalue weighted by atomic mass is 16.3. The minimum absolute atomic E-state index is 0.0687. The van der Waals surface area contributed by atoms with Gasteiger partial charge >= 0.3 is 0 Å². The molecular weight excluding hydrogens is 180 g/mol. The molecular formula is C10H10N2O2. The first-order valence-corrected chi connectivity index (χ1v) is 4.28. The Labute approximate surface area is 80.2 Å². The lowest BCUT2D eigenvalue weighted by Gasteiger charge is -2.02. The predicted molar refractivity (Wildman–Crippen MR) is 52.8 cm³/mol. The molecule has 0 aliphatic heterocycles. The number of rotatable bonds is 2. The van der Waals surface area contributed by atoms with E-state index in [0.29, 0.717) is 5.56 Å². The molecule has 14 heavy (non-hydrogen) atoms. The van der Waals surface area contributed by atoms with Gasteiger partial charge in [0.25, 0.3) is 5.56 Å². The summed E-state index contributed by atoms with van der Waals surface area (Å²) in [6.07, 6.45) is 1.59. The van der Waals surface area contributed by atoms with Gasteiger partial charge < -0.3 is 10.2 Å². The first-order valence-electron chi connectivity index (χ1n) is 4.28. The van der Waals surface area contributed by atoms with Gasteiger partial charge in [-0.2, -0.15) is 0 Å². The van der Waals surface area contributed by atoms with E-state index in [-0.39, 0.29) is 12.2 Å². The summed E-state index contributed by atoms with van der Waals surface area (Å²) in [7, 11) is 0. The minimum atomic E-state index is -0.175. The summed E-state index contributed by atoms with van der Waals surface area (Å²) in [5.74, 6) is 0. The highest BCUT2D eigenvalue weighted by molar-refractivity contribution is 5.65. The largest absolute Gasteiger partial charge is 0.392 e. The van der Waals surface area contributed by atoms with Crippen LogP contribution < -0.4 is 5.56 Å². The standard InChI is InChI=1S/C10H10N2O2/c13-6-7-3-1-2-4-8(7)9-5-11-12-10(9)14/h1-5,13H,6H2,(H2,11,12,14). The number of aliphatic hydroxyl groups excluding tert-OH is 1. The Hall–Kier alpha value is -1.81. The second kappa shape index (κ2) is 3.51. The molecule has 1 aromatic heterocycles. The molecule has 0 unspecified atom stereocenters. The molecule has 4 nitrogen and oxygen atoms in total. The van der Waals surface area contributed by atoms with Crippen LogP contribution in [0.25, 0.3) is 11.1 Å². The average Bonchev–Trinajstić information content (AvgIpc) is 2.64. The number of aliphatic hydroxyl groups is 1. The van der Waals surface area contributed by atoms with Crippen LogP contribution >= 0.6 is 0 Å². The van der Waals surface area contributed by atoms with Crippen molar-refractivity contribution in [1.29, 1.82) is 0 Å². The summed E-state index contributed by atoms with van der Waals surface area (Å²) in [5.41, 5.74) is 1.88. The Morgan fingerprint density at radius 3 is 2.64 bits per heavy atom. The Morgan fingerprint density at radius 2 is 2.00 bits per heavy atom. The number of benzene rings is 1. The van der Waals surface area contributed by atoms with E-state index in [2.05, 4.69) is 10.2 Å². The van der Waals surface area contributed by atoms with E-state index >= 15 is 0 Å². The third kappa shape index (κ3) is 1.36. The summed E-state index contributed by atoms with van der Waals surface area (Å²) in [5, 5.41) is 14.2. The van der Waals surface area contributed by atoms with E-state index in [1.807, 2.05) is 18.2 Å². The quantitative estimate of drug-likeness (QED) is 0.657. The van der Waals surface area contributed by atoms with E-state index in [9.17, 15) is 4.79 Å². The zero-order chi connectivity index (χ0) is 9.97. The molecule has 0 spiro atoms. The summed E-state index contributed by atoms with van der Waals surface area (Å²) in [6.45, 7) is -0.0687. The van der Waals surface area contributed by atoms with Crippen molar-refractivity contribution >= 4 is 0 Å². The second-order valence-corrected chi connectivity index (χ2v) is 2.97. The molecule has 1 heterocycles. The zero-order valence-corrected chi connectivity index (χ0v) is 7.45.